The number of sulfonamides is 1. The highest BCUT2D eigenvalue weighted by atomic mass is 32.2. The minimum Gasteiger partial charge on any atom is -0.435 e. The predicted molar refractivity (Wildman–Crippen MR) is 89.4 cm³/mol. The monoisotopic (exact) mass is 388 g/mol. The van der Waals surface area contributed by atoms with Gasteiger partial charge in [-0.2, -0.15) is 13.1 Å². The van der Waals surface area contributed by atoms with Crippen LogP contribution in [0.3, 0.4) is 0 Å². The molecule has 3 fully saturated rings. The third-order valence-electron chi connectivity index (χ3n) is 5.88. The van der Waals surface area contributed by atoms with Crippen LogP contribution in [0.15, 0.2) is 29.2 Å². The van der Waals surface area contributed by atoms with Crippen LogP contribution in [0.1, 0.15) is 25.7 Å². The molecule has 0 spiro atoms. The summed E-state index contributed by atoms with van der Waals surface area (Å²) in [6.07, 6.45) is 2.84. The third-order valence-corrected chi connectivity index (χ3v) is 7.92. The van der Waals surface area contributed by atoms with Crippen molar-refractivity contribution in [2.45, 2.75) is 54.8 Å². The molecule has 0 radical (unpaired) electrons. The van der Waals surface area contributed by atoms with Gasteiger partial charge in [-0.15, -0.1) is 0 Å². The molecule has 3 aliphatic rings. The van der Waals surface area contributed by atoms with E-state index < -0.39 is 22.2 Å². The number of nitrogens with zero attached hydrogens (tertiary/aromatic N) is 1. The predicted octanol–water partition coefficient (Wildman–Crippen LogP) is 1.95. The van der Waals surface area contributed by atoms with Crippen molar-refractivity contribution < 1.29 is 26.7 Å². The van der Waals surface area contributed by atoms with Crippen molar-refractivity contribution in [1.29, 1.82) is 0 Å². The fourth-order valence-corrected chi connectivity index (χ4v) is 6.82. The lowest BCUT2D eigenvalue weighted by Crippen LogP contribution is -2.64. The summed E-state index contributed by atoms with van der Waals surface area (Å²) in [5.41, 5.74) is 5.72. The first-order valence-electron chi connectivity index (χ1n) is 8.76. The van der Waals surface area contributed by atoms with E-state index >= 15 is 0 Å². The number of benzene rings is 1. The fraction of sp³-hybridized carbons (Fsp3) is 0.647. The van der Waals surface area contributed by atoms with Crippen LogP contribution in [0, 0.1) is 5.92 Å². The van der Waals surface area contributed by atoms with Gasteiger partial charge in [0.15, 0.2) is 0 Å². The molecule has 3 saturated heterocycles. The summed E-state index contributed by atoms with van der Waals surface area (Å²) in [6, 6.07) is 5.03. The zero-order valence-corrected chi connectivity index (χ0v) is 15.0. The van der Waals surface area contributed by atoms with Gasteiger partial charge in [-0.1, -0.05) is 0 Å². The lowest BCUT2D eigenvalue weighted by atomic mass is 9.76. The summed E-state index contributed by atoms with van der Waals surface area (Å²) in [7, 11) is -3.77. The van der Waals surface area contributed by atoms with Crippen molar-refractivity contribution in [3.8, 4) is 5.75 Å². The third kappa shape index (κ3) is 2.81. The smallest absolute Gasteiger partial charge is 0.387 e. The molecule has 9 heteroatoms. The molecule has 0 aromatic heterocycles. The van der Waals surface area contributed by atoms with Crippen LogP contribution in [0.4, 0.5) is 8.78 Å². The molecule has 2 bridgehead atoms. The number of piperidine rings is 1. The Labute approximate surface area is 151 Å². The van der Waals surface area contributed by atoms with Crippen LogP contribution in [-0.2, 0) is 14.8 Å². The maximum absolute atomic E-state index is 13.4. The van der Waals surface area contributed by atoms with E-state index in [0.717, 1.165) is 12.8 Å². The minimum atomic E-state index is -3.77. The molecule has 1 aromatic carbocycles. The molecule has 26 heavy (non-hydrogen) atoms. The Bertz CT molecular complexity index is 769. The Morgan fingerprint density at radius 2 is 1.96 bits per heavy atom. The van der Waals surface area contributed by atoms with Crippen LogP contribution in [0.25, 0.3) is 0 Å². The van der Waals surface area contributed by atoms with Gasteiger partial charge in [0.2, 0.25) is 10.0 Å². The van der Waals surface area contributed by atoms with Gasteiger partial charge >= 0.3 is 6.61 Å². The van der Waals surface area contributed by atoms with Gasteiger partial charge in [0.05, 0.1) is 18.1 Å². The molecule has 4 rings (SSSR count). The standard InChI is InChI=1S/C17H22F2N2O4S/c18-16(19)25-14-1-3-15(4-2-14)26(22,23)21-13-5-6-17(21,8-12(20)7-13)11-9-24-10-11/h1-4,11-13,16H,5-10,20H2. The average molecular weight is 388 g/mol. The maximum atomic E-state index is 13.4. The number of fused-ring (bicyclic) bond motifs is 2. The van der Waals surface area contributed by atoms with Crippen LogP contribution < -0.4 is 10.5 Å². The highest BCUT2D eigenvalue weighted by Crippen LogP contribution is 2.52. The number of hydrogen-bond acceptors (Lipinski definition) is 5. The van der Waals surface area contributed by atoms with Gasteiger partial charge in [-0.25, -0.2) is 8.42 Å². The van der Waals surface area contributed by atoms with Gasteiger partial charge in [0, 0.05) is 23.5 Å². The molecular weight excluding hydrogens is 366 g/mol. The van der Waals surface area contributed by atoms with Crippen molar-refractivity contribution >= 4 is 10.0 Å². The Hall–Kier alpha value is -1.29. The van der Waals surface area contributed by atoms with E-state index in [0.29, 0.717) is 26.1 Å². The normalized spacial score (nSPS) is 32.6. The fourth-order valence-electron chi connectivity index (χ4n) is 4.74. The average Bonchev–Trinajstić information content (AvgIpc) is 2.75. The summed E-state index contributed by atoms with van der Waals surface area (Å²) >= 11 is 0. The molecule has 3 unspecified atom stereocenters. The van der Waals surface area contributed by atoms with Crippen LogP contribution in [0.2, 0.25) is 0 Å². The summed E-state index contributed by atoms with van der Waals surface area (Å²) < 4.78 is 62.7. The molecule has 3 aliphatic heterocycles. The van der Waals surface area contributed by atoms with Crippen molar-refractivity contribution in [3.63, 3.8) is 0 Å². The van der Waals surface area contributed by atoms with Crippen molar-refractivity contribution in [2.24, 2.45) is 11.7 Å². The molecule has 0 saturated carbocycles. The van der Waals surface area contributed by atoms with Gasteiger partial charge < -0.3 is 15.2 Å². The second kappa shape index (κ2) is 6.40. The molecule has 3 heterocycles. The van der Waals surface area contributed by atoms with Gasteiger partial charge in [-0.3, -0.25) is 0 Å². The summed E-state index contributed by atoms with van der Waals surface area (Å²) in [5, 5.41) is 0. The first kappa shape index (κ1) is 18.1. The van der Waals surface area contributed by atoms with Crippen molar-refractivity contribution in [1.82, 2.24) is 4.31 Å². The number of ether oxygens (including phenoxy) is 2. The lowest BCUT2D eigenvalue weighted by molar-refractivity contribution is -0.105. The Morgan fingerprint density at radius 3 is 2.54 bits per heavy atom. The van der Waals surface area contributed by atoms with E-state index in [-0.39, 0.29) is 28.6 Å². The lowest BCUT2D eigenvalue weighted by Gasteiger charge is -2.52. The highest BCUT2D eigenvalue weighted by Gasteiger charge is 2.60. The van der Waals surface area contributed by atoms with E-state index in [9.17, 15) is 17.2 Å². The molecule has 0 aliphatic carbocycles. The maximum Gasteiger partial charge on any atom is 0.387 e. The summed E-state index contributed by atoms with van der Waals surface area (Å²) in [4.78, 5) is 0.0890. The molecule has 1 aromatic rings. The van der Waals surface area contributed by atoms with Gasteiger partial charge in [-0.05, 0) is 49.9 Å². The summed E-state index contributed by atoms with van der Waals surface area (Å²) in [6.45, 7) is -1.85. The van der Waals surface area contributed by atoms with E-state index in [1.54, 1.807) is 4.31 Å². The first-order valence-corrected chi connectivity index (χ1v) is 10.2. The zero-order chi connectivity index (χ0) is 18.5. The van der Waals surface area contributed by atoms with Gasteiger partial charge in [0.25, 0.3) is 0 Å². The molecule has 3 atom stereocenters. The molecule has 0 amide bonds. The minimum absolute atomic E-state index is 0.0173. The number of nitrogens with two attached hydrogens (primary N) is 1. The summed E-state index contributed by atoms with van der Waals surface area (Å²) in [5.74, 6) is 0.0831. The van der Waals surface area contributed by atoms with E-state index in [1.165, 1.54) is 24.3 Å². The van der Waals surface area contributed by atoms with Crippen LogP contribution in [0.5, 0.6) is 5.75 Å². The SMILES string of the molecule is NC1CC2CCC(C3COC3)(C1)N2S(=O)(=O)c1ccc(OC(F)F)cc1. The van der Waals surface area contributed by atoms with E-state index in [1.807, 2.05) is 0 Å². The van der Waals surface area contributed by atoms with E-state index in [2.05, 4.69) is 4.74 Å². The first-order chi connectivity index (χ1) is 12.3. The quantitative estimate of drug-likeness (QED) is 0.834. The van der Waals surface area contributed by atoms with Crippen LogP contribution in [-0.4, -0.2) is 50.2 Å². The largest absolute Gasteiger partial charge is 0.435 e. The number of halogens is 2. The molecular formula is C17H22F2N2O4S. The Balaban J connectivity index is 1.68. The zero-order valence-electron chi connectivity index (χ0n) is 14.2. The van der Waals surface area contributed by atoms with Crippen LogP contribution >= 0.6 is 0 Å². The van der Waals surface area contributed by atoms with E-state index in [4.69, 9.17) is 10.5 Å². The highest BCUT2D eigenvalue weighted by molar-refractivity contribution is 7.89. The molecule has 2 N–H and O–H groups in total. The number of hydrogen-bond donors (Lipinski definition) is 1. The Morgan fingerprint density at radius 1 is 1.27 bits per heavy atom. The van der Waals surface area contributed by atoms with Crippen molar-refractivity contribution in [2.75, 3.05) is 13.2 Å². The van der Waals surface area contributed by atoms with Gasteiger partial charge in [0.1, 0.15) is 5.75 Å². The molecule has 6 nitrogen and oxygen atoms in total. The topological polar surface area (TPSA) is 81.9 Å². The molecule has 144 valence electrons. The second-order valence-corrected chi connectivity index (χ2v) is 9.20. The Kier molecular flexibility index (Phi) is 4.45. The van der Waals surface area contributed by atoms with Crippen molar-refractivity contribution in [3.05, 3.63) is 24.3 Å². The number of rotatable bonds is 5. The second-order valence-electron chi connectivity index (χ2n) is 7.38. The number of alkyl halides is 2.